The quantitative estimate of drug-likeness (QED) is 0.507. The topological polar surface area (TPSA) is 0 Å². The van der Waals surface area contributed by atoms with Crippen molar-refractivity contribution >= 4 is 0 Å². The third kappa shape index (κ3) is 2.46. The van der Waals surface area contributed by atoms with Crippen LogP contribution in [0, 0.1) is 46.3 Å². The average molecular weight is 349 g/mol. The summed E-state index contributed by atoms with van der Waals surface area (Å²) < 4.78 is 0. The molecule has 0 heterocycles. The molecule has 0 N–H and O–H groups in total. The van der Waals surface area contributed by atoms with Gasteiger partial charge in [0, 0.05) is 0 Å². The lowest BCUT2D eigenvalue weighted by molar-refractivity contribution is -0.199. The van der Waals surface area contributed by atoms with Crippen molar-refractivity contribution in [1.29, 1.82) is 0 Å². The van der Waals surface area contributed by atoms with E-state index >= 15 is 0 Å². The molecule has 0 unspecified atom stereocenters. The van der Waals surface area contributed by atoms with Crippen LogP contribution >= 0.6 is 0 Å². The third-order valence-electron chi connectivity index (χ3n) is 9.87. The molecule has 0 saturated heterocycles. The zero-order valence-corrected chi connectivity index (χ0v) is 16.4. The van der Waals surface area contributed by atoms with Crippen LogP contribution in [0.3, 0.4) is 0 Å². The maximum absolute atomic E-state index is 2.00. The van der Waals surface area contributed by atoms with Crippen LogP contribution < -0.4 is 0 Å². The van der Waals surface area contributed by atoms with E-state index < -0.39 is 0 Å². The molecule has 8 bridgehead atoms. The van der Waals surface area contributed by atoms with E-state index in [0.29, 0.717) is 0 Å². The Morgan fingerprint density at radius 1 is 0.346 bits per heavy atom. The first-order chi connectivity index (χ1) is 12.7. The molecule has 1 aromatic carbocycles. The number of rotatable bonds is 1. The minimum absolute atomic E-state index is 0.859. The summed E-state index contributed by atoms with van der Waals surface area (Å²) in [6.45, 7) is 0. The largest absolute Gasteiger partial charge is 0.0623 e. The predicted octanol–water partition coefficient (Wildman–Crippen LogP) is 7.11. The van der Waals surface area contributed by atoms with Gasteiger partial charge in [-0.2, -0.15) is 0 Å². The Balaban J connectivity index is 0.000000198. The van der Waals surface area contributed by atoms with Gasteiger partial charge in [-0.15, -0.1) is 0 Å². The minimum atomic E-state index is 0.859. The molecular weight excluding hydrogens is 312 g/mol. The monoisotopic (exact) mass is 348 g/mol. The Labute approximate surface area is 160 Å². The molecule has 0 spiro atoms. The predicted molar refractivity (Wildman–Crippen MR) is 108 cm³/mol. The number of hydrogen-bond acceptors (Lipinski definition) is 0. The summed E-state index contributed by atoms with van der Waals surface area (Å²) in [7, 11) is 0. The highest BCUT2D eigenvalue weighted by Crippen LogP contribution is 2.74. The molecule has 1 aromatic rings. The van der Waals surface area contributed by atoms with Gasteiger partial charge in [-0.25, -0.2) is 0 Å². The summed E-state index contributed by atoms with van der Waals surface area (Å²) in [5.74, 6) is 6.97. The molecule has 9 rings (SSSR count). The average Bonchev–Trinajstić information content (AvgIpc) is 2.61. The lowest BCUT2D eigenvalue weighted by Gasteiger charge is -2.70. The maximum atomic E-state index is 2.00. The smallest absolute Gasteiger partial charge is 0.0233 e. The van der Waals surface area contributed by atoms with E-state index in [4.69, 9.17) is 0 Å². The lowest BCUT2D eigenvalue weighted by Crippen LogP contribution is -2.60. The van der Waals surface area contributed by atoms with Gasteiger partial charge in [0.2, 0.25) is 0 Å². The number of benzene rings is 1. The first kappa shape index (κ1) is 16.2. The van der Waals surface area contributed by atoms with E-state index in [1.165, 1.54) is 0 Å². The van der Waals surface area contributed by atoms with Crippen LogP contribution in [0.4, 0.5) is 0 Å². The van der Waals surface area contributed by atoms with E-state index in [1.54, 1.807) is 77.0 Å². The van der Waals surface area contributed by atoms with Crippen molar-refractivity contribution in [3.63, 3.8) is 0 Å². The fraction of sp³-hybridized carbons (Fsp3) is 0.769. The Morgan fingerprint density at radius 3 is 0.731 bits per heavy atom. The SMILES string of the molecule is C1C2CC3CC1CC(C14CC5CC(CC(C5)C1)C4)(C2)C3.c1ccccc1. The highest BCUT2D eigenvalue weighted by atomic mass is 14.7. The minimum Gasteiger partial charge on any atom is -0.0623 e. The summed E-state index contributed by atoms with van der Waals surface area (Å²) in [5.41, 5.74) is 1.72. The summed E-state index contributed by atoms with van der Waals surface area (Å²) in [4.78, 5) is 0. The Kier molecular flexibility index (Phi) is 3.65. The number of hydrogen-bond donors (Lipinski definition) is 0. The van der Waals surface area contributed by atoms with Gasteiger partial charge in [0.1, 0.15) is 0 Å². The van der Waals surface area contributed by atoms with Crippen LogP contribution in [0.1, 0.15) is 77.0 Å². The molecule has 0 radical (unpaired) electrons. The summed E-state index contributed by atoms with van der Waals surface area (Å²) in [5, 5.41) is 0. The van der Waals surface area contributed by atoms with Crippen molar-refractivity contribution in [2.75, 3.05) is 0 Å². The zero-order valence-electron chi connectivity index (χ0n) is 16.4. The molecule has 0 heteroatoms. The van der Waals surface area contributed by atoms with Crippen LogP contribution in [-0.2, 0) is 0 Å². The second-order valence-corrected chi connectivity index (χ2v) is 11.6. The molecule has 140 valence electrons. The molecule has 8 aliphatic carbocycles. The molecule has 8 saturated carbocycles. The first-order valence-corrected chi connectivity index (χ1v) is 11.7. The highest BCUT2D eigenvalue weighted by molar-refractivity contribution is 5.14. The van der Waals surface area contributed by atoms with Gasteiger partial charge < -0.3 is 0 Å². The maximum Gasteiger partial charge on any atom is -0.0233 e. The van der Waals surface area contributed by atoms with Gasteiger partial charge >= 0.3 is 0 Å². The second-order valence-electron chi connectivity index (χ2n) is 11.6. The van der Waals surface area contributed by atoms with E-state index in [9.17, 15) is 0 Å². The molecule has 0 atom stereocenters. The molecule has 0 aromatic heterocycles. The van der Waals surface area contributed by atoms with Crippen molar-refractivity contribution in [3.8, 4) is 0 Å². The van der Waals surface area contributed by atoms with Crippen molar-refractivity contribution in [3.05, 3.63) is 36.4 Å². The van der Waals surface area contributed by atoms with Gasteiger partial charge in [0.25, 0.3) is 0 Å². The van der Waals surface area contributed by atoms with Gasteiger partial charge in [-0.1, -0.05) is 36.4 Å². The van der Waals surface area contributed by atoms with Gasteiger partial charge in [-0.3, -0.25) is 0 Å². The summed E-state index contributed by atoms with van der Waals surface area (Å²) >= 11 is 0. The molecule has 8 aliphatic rings. The van der Waals surface area contributed by atoms with Crippen LogP contribution in [-0.4, -0.2) is 0 Å². The fourth-order valence-electron chi connectivity index (χ4n) is 9.91. The normalized spacial score (nSPS) is 52.6. The van der Waals surface area contributed by atoms with Crippen molar-refractivity contribution in [2.45, 2.75) is 77.0 Å². The van der Waals surface area contributed by atoms with Gasteiger partial charge in [0.05, 0.1) is 0 Å². The molecule has 0 amide bonds. The zero-order chi connectivity index (χ0) is 17.2. The first-order valence-electron chi connectivity index (χ1n) is 11.7. The molecular formula is C26H36. The van der Waals surface area contributed by atoms with Crippen molar-refractivity contribution < 1.29 is 0 Å². The summed E-state index contributed by atoms with van der Waals surface area (Å²) in [6.07, 6.45) is 19.8. The molecule has 0 nitrogen and oxygen atoms in total. The van der Waals surface area contributed by atoms with Crippen LogP contribution in [0.5, 0.6) is 0 Å². The Hall–Kier alpha value is -0.780. The summed E-state index contributed by atoms with van der Waals surface area (Å²) in [6, 6.07) is 12.0. The van der Waals surface area contributed by atoms with Crippen LogP contribution in [0.15, 0.2) is 36.4 Å². The standard InChI is InChI=1S/C20H30.C6H6/c1-13-2-15-3-14(1)8-19(7-13,9-15)20-10-16-4-17(11-20)6-18(5-16)12-20;1-2-4-6-5-3-1/h13-18H,1-12H2;1-6H. The molecule has 0 aliphatic heterocycles. The fourth-order valence-corrected chi connectivity index (χ4v) is 9.91. The highest BCUT2D eigenvalue weighted by Gasteiger charge is 2.64. The Morgan fingerprint density at radius 2 is 0.538 bits per heavy atom. The van der Waals surface area contributed by atoms with Crippen LogP contribution in [0.25, 0.3) is 0 Å². The van der Waals surface area contributed by atoms with Crippen molar-refractivity contribution in [1.82, 2.24) is 0 Å². The molecule has 8 fully saturated rings. The second kappa shape index (κ2) is 5.86. The van der Waals surface area contributed by atoms with E-state index in [1.807, 2.05) is 36.4 Å². The molecule has 26 heavy (non-hydrogen) atoms. The van der Waals surface area contributed by atoms with E-state index in [-0.39, 0.29) is 0 Å². The van der Waals surface area contributed by atoms with E-state index in [0.717, 1.165) is 46.3 Å². The third-order valence-corrected chi connectivity index (χ3v) is 9.87. The van der Waals surface area contributed by atoms with Crippen molar-refractivity contribution in [2.24, 2.45) is 46.3 Å². The lowest BCUT2D eigenvalue weighted by atomic mass is 9.35. The van der Waals surface area contributed by atoms with Gasteiger partial charge in [0.15, 0.2) is 0 Å². The van der Waals surface area contributed by atoms with Crippen LogP contribution in [0.2, 0.25) is 0 Å². The van der Waals surface area contributed by atoms with Gasteiger partial charge in [-0.05, 0) is 123 Å². The Bertz CT molecular complexity index is 502. The van der Waals surface area contributed by atoms with E-state index in [2.05, 4.69) is 0 Å².